The first-order chi connectivity index (χ1) is 16.7. The highest BCUT2D eigenvalue weighted by Crippen LogP contribution is 2.31. The second-order valence-corrected chi connectivity index (χ2v) is 8.42. The number of rotatable bonds is 6. The molecule has 0 saturated heterocycles. The number of anilines is 4. The second-order valence-electron chi connectivity index (χ2n) is 7.39. The maximum Gasteiger partial charge on any atom is 0.416 e. The molecule has 4 aromatic rings. The number of carbonyl (C=O) groups is 2. The van der Waals surface area contributed by atoms with Crippen LogP contribution in [-0.2, 0) is 6.18 Å². The first-order valence-corrected chi connectivity index (χ1v) is 11.1. The summed E-state index contributed by atoms with van der Waals surface area (Å²) in [7, 11) is 0. The molecule has 3 N–H and O–H groups in total. The van der Waals surface area contributed by atoms with Gasteiger partial charge in [0.05, 0.1) is 11.8 Å². The number of hydrogen-bond donors (Lipinski definition) is 3. The number of thiazole rings is 1. The average molecular weight is 498 g/mol. The number of benzene rings is 2. The molecule has 4 rings (SSSR count). The summed E-state index contributed by atoms with van der Waals surface area (Å²) in [5, 5.41) is 8.70. The molecule has 0 spiro atoms. The number of alkyl halides is 3. The van der Waals surface area contributed by atoms with Crippen LogP contribution in [0.2, 0.25) is 0 Å². The fourth-order valence-corrected chi connectivity index (χ4v) is 3.76. The summed E-state index contributed by atoms with van der Waals surface area (Å²) in [6.07, 6.45) is -1.47. The smallest absolute Gasteiger partial charge is 0.322 e. The number of hydrogen-bond acceptors (Lipinski definition) is 6. The van der Waals surface area contributed by atoms with Crippen LogP contribution >= 0.6 is 11.3 Å². The van der Waals surface area contributed by atoms with E-state index in [1.54, 1.807) is 31.3 Å². The predicted molar refractivity (Wildman–Crippen MR) is 128 cm³/mol. The van der Waals surface area contributed by atoms with Crippen molar-refractivity contribution in [3.05, 3.63) is 94.6 Å². The van der Waals surface area contributed by atoms with Gasteiger partial charge in [0.1, 0.15) is 10.7 Å². The zero-order valence-corrected chi connectivity index (χ0v) is 19.0. The molecule has 0 aliphatic rings. The number of nitrogens with zero attached hydrogens (tertiary/aromatic N) is 2. The van der Waals surface area contributed by atoms with Gasteiger partial charge in [-0.25, -0.2) is 9.97 Å². The summed E-state index contributed by atoms with van der Waals surface area (Å²) in [4.78, 5) is 34.0. The number of amides is 2. The quantitative estimate of drug-likeness (QED) is 0.299. The van der Waals surface area contributed by atoms with Crippen LogP contribution in [0.15, 0.2) is 73.1 Å². The summed E-state index contributed by atoms with van der Waals surface area (Å²) in [6, 6.07) is 14.3. The molecule has 0 bridgehead atoms. The molecule has 2 heterocycles. The van der Waals surface area contributed by atoms with Crippen molar-refractivity contribution >= 4 is 45.5 Å². The van der Waals surface area contributed by atoms with Crippen LogP contribution < -0.4 is 16.0 Å². The van der Waals surface area contributed by atoms with Gasteiger partial charge in [-0.3, -0.25) is 9.59 Å². The number of carbonyl (C=O) groups excluding carboxylic acids is 2. The summed E-state index contributed by atoms with van der Waals surface area (Å²) in [5.41, 5.74) is 0.400. The van der Waals surface area contributed by atoms with E-state index in [0.29, 0.717) is 27.1 Å². The number of aryl methyl sites for hydroxylation is 1. The van der Waals surface area contributed by atoms with Crippen LogP contribution in [0.1, 0.15) is 31.2 Å². The van der Waals surface area contributed by atoms with Crippen molar-refractivity contribution in [2.24, 2.45) is 0 Å². The van der Waals surface area contributed by atoms with Gasteiger partial charge >= 0.3 is 6.18 Å². The Balaban J connectivity index is 1.46. The van der Waals surface area contributed by atoms with Crippen LogP contribution in [0.25, 0.3) is 0 Å². The molecule has 0 aliphatic carbocycles. The second kappa shape index (κ2) is 9.94. The van der Waals surface area contributed by atoms with E-state index in [0.717, 1.165) is 23.5 Å². The molecule has 2 aromatic carbocycles. The fraction of sp³-hybridized carbons (Fsp3) is 0.0833. The Labute approximate surface area is 202 Å². The molecule has 0 unspecified atom stereocenters. The molecular weight excluding hydrogens is 479 g/mol. The minimum absolute atomic E-state index is 0.00795. The Hall–Kier alpha value is -4.25. The summed E-state index contributed by atoms with van der Waals surface area (Å²) >= 11 is 1.13. The van der Waals surface area contributed by atoms with Crippen LogP contribution in [0.3, 0.4) is 0 Å². The van der Waals surface area contributed by atoms with Gasteiger partial charge in [0.25, 0.3) is 11.8 Å². The standard InChI is InChI=1S/C24H18F3N5O2S/c1-14-8-9-15(21(33)30-17-6-4-5-16(12-17)24(25,26)27)11-18(14)31-22(34)19-13-29-23(35-19)32-20-7-2-3-10-28-20/h2-13H,1H3,(H,30,33)(H,31,34)(H,28,29,32). The number of halogens is 3. The lowest BCUT2D eigenvalue weighted by Crippen LogP contribution is -2.15. The molecule has 0 aliphatic heterocycles. The lowest BCUT2D eigenvalue weighted by molar-refractivity contribution is -0.137. The summed E-state index contributed by atoms with van der Waals surface area (Å²) in [6.45, 7) is 1.75. The molecule has 0 radical (unpaired) electrons. The highest BCUT2D eigenvalue weighted by molar-refractivity contribution is 7.17. The Morgan fingerprint density at radius 1 is 0.914 bits per heavy atom. The van der Waals surface area contributed by atoms with Gasteiger partial charge in [-0.2, -0.15) is 13.2 Å². The molecule has 178 valence electrons. The molecular formula is C24H18F3N5O2S. The van der Waals surface area contributed by atoms with Gasteiger partial charge in [-0.1, -0.05) is 29.5 Å². The van der Waals surface area contributed by atoms with Gasteiger partial charge in [0.15, 0.2) is 5.13 Å². The lowest BCUT2D eigenvalue weighted by Gasteiger charge is -2.12. The molecule has 2 amide bonds. The third-order valence-electron chi connectivity index (χ3n) is 4.83. The van der Waals surface area contributed by atoms with Crippen LogP contribution in [0.5, 0.6) is 0 Å². The number of nitrogens with one attached hydrogen (secondary N) is 3. The van der Waals surface area contributed by atoms with Crippen molar-refractivity contribution in [1.29, 1.82) is 0 Å². The average Bonchev–Trinajstić information content (AvgIpc) is 3.29. The van der Waals surface area contributed by atoms with Crippen molar-refractivity contribution < 1.29 is 22.8 Å². The minimum Gasteiger partial charge on any atom is -0.322 e. The molecule has 2 aromatic heterocycles. The van der Waals surface area contributed by atoms with Gasteiger partial charge in [-0.15, -0.1) is 0 Å². The Bertz CT molecular complexity index is 1370. The van der Waals surface area contributed by atoms with Crippen molar-refractivity contribution in [2.75, 3.05) is 16.0 Å². The molecule has 0 saturated carbocycles. The SMILES string of the molecule is Cc1ccc(C(=O)Nc2cccc(C(F)(F)F)c2)cc1NC(=O)c1cnc(Nc2ccccn2)s1. The molecule has 0 fully saturated rings. The van der Waals surface area contributed by atoms with E-state index in [1.807, 2.05) is 6.07 Å². The molecule has 11 heteroatoms. The zero-order valence-electron chi connectivity index (χ0n) is 18.2. The first kappa shape index (κ1) is 23.9. The predicted octanol–water partition coefficient (Wildman–Crippen LogP) is 6.11. The van der Waals surface area contributed by atoms with Crippen LogP contribution in [-0.4, -0.2) is 21.8 Å². The topological polar surface area (TPSA) is 96.0 Å². The molecule has 7 nitrogen and oxygen atoms in total. The van der Waals surface area contributed by atoms with Crippen molar-refractivity contribution in [2.45, 2.75) is 13.1 Å². The van der Waals surface area contributed by atoms with Gasteiger partial charge in [-0.05, 0) is 55.0 Å². The lowest BCUT2D eigenvalue weighted by atomic mass is 10.1. The fourth-order valence-electron chi connectivity index (χ4n) is 3.04. The Morgan fingerprint density at radius 3 is 2.49 bits per heavy atom. The Morgan fingerprint density at radius 2 is 1.74 bits per heavy atom. The minimum atomic E-state index is -4.52. The molecule has 35 heavy (non-hydrogen) atoms. The van der Waals surface area contributed by atoms with Gasteiger partial charge in [0.2, 0.25) is 0 Å². The third kappa shape index (κ3) is 6.01. The van der Waals surface area contributed by atoms with Crippen LogP contribution in [0, 0.1) is 6.92 Å². The highest BCUT2D eigenvalue weighted by Gasteiger charge is 2.30. The number of pyridine rings is 1. The van der Waals surface area contributed by atoms with E-state index >= 15 is 0 Å². The monoisotopic (exact) mass is 497 g/mol. The third-order valence-corrected chi connectivity index (χ3v) is 5.74. The maximum absolute atomic E-state index is 12.9. The van der Waals surface area contributed by atoms with Crippen molar-refractivity contribution in [1.82, 2.24) is 9.97 Å². The van der Waals surface area contributed by atoms with E-state index in [9.17, 15) is 22.8 Å². The van der Waals surface area contributed by atoms with Crippen LogP contribution in [0.4, 0.5) is 35.5 Å². The highest BCUT2D eigenvalue weighted by atomic mass is 32.1. The summed E-state index contributed by atoms with van der Waals surface area (Å²) in [5.74, 6) is -0.446. The van der Waals surface area contributed by atoms with Crippen molar-refractivity contribution in [3.8, 4) is 0 Å². The largest absolute Gasteiger partial charge is 0.416 e. The molecule has 0 atom stereocenters. The normalized spacial score (nSPS) is 11.1. The number of aromatic nitrogens is 2. The summed E-state index contributed by atoms with van der Waals surface area (Å²) < 4.78 is 38.8. The van der Waals surface area contributed by atoms with E-state index in [4.69, 9.17) is 0 Å². The van der Waals surface area contributed by atoms with E-state index in [1.165, 1.54) is 30.5 Å². The zero-order chi connectivity index (χ0) is 25.0. The van der Waals surface area contributed by atoms with E-state index in [-0.39, 0.29) is 11.3 Å². The maximum atomic E-state index is 12.9. The van der Waals surface area contributed by atoms with Crippen molar-refractivity contribution in [3.63, 3.8) is 0 Å². The van der Waals surface area contributed by atoms with Gasteiger partial charge < -0.3 is 16.0 Å². The Kier molecular flexibility index (Phi) is 6.78. The van der Waals surface area contributed by atoms with E-state index < -0.39 is 23.6 Å². The van der Waals surface area contributed by atoms with Gasteiger partial charge in [0, 0.05) is 23.1 Å². The first-order valence-electron chi connectivity index (χ1n) is 10.2. The van der Waals surface area contributed by atoms with E-state index in [2.05, 4.69) is 25.9 Å².